The molecule has 3 N–H and O–H groups in total. The van der Waals surface area contributed by atoms with Gasteiger partial charge in [0, 0.05) is 23.0 Å². The number of pyridine rings is 1. The summed E-state index contributed by atoms with van der Waals surface area (Å²) in [6, 6.07) is 15.9. The highest BCUT2D eigenvalue weighted by Crippen LogP contribution is 2.38. The second kappa shape index (κ2) is 11.8. The van der Waals surface area contributed by atoms with Crippen molar-refractivity contribution in [3.8, 4) is 34.1 Å². The molecule has 3 aromatic heterocycles. The standard InChI is InChI=1S/C34H33N7O3/c1-20(2)36-17-23(15-21(3)44-24-11-13-35-14-12-24)26-8-9-27-32(39-26)33(38-18-37-27)34-40-28-6-4-5-25(31(28)41-34)22-7-10-29-30(16-22)43-19-42-29/h4-10,15-18,24,35-36H,1,11-14,19H2,2-3H3,(H,40,41)/b21-15+,23-17+. The number of para-hydroxylation sites is 1. The Morgan fingerprint density at radius 2 is 1.86 bits per heavy atom. The summed E-state index contributed by atoms with van der Waals surface area (Å²) < 4.78 is 17.4. The monoisotopic (exact) mass is 587 g/mol. The van der Waals surface area contributed by atoms with Gasteiger partial charge >= 0.3 is 0 Å². The van der Waals surface area contributed by atoms with Crippen molar-refractivity contribution in [2.24, 2.45) is 0 Å². The first-order valence-corrected chi connectivity index (χ1v) is 14.7. The topological polar surface area (TPSA) is 119 Å². The number of benzene rings is 2. The molecule has 0 atom stereocenters. The van der Waals surface area contributed by atoms with Gasteiger partial charge in [-0.2, -0.15) is 0 Å². The number of rotatable bonds is 8. The Hall–Kier alpha value is -5.22. The molecule has 5 heterocycles. The summed E-state index contributed by atoms with van der Waals surface area (Å²) in [7, 11) is 0. The molecule has 2 aromatic carbocycles. The van der Waals surface area contributed by atoms with Gasteiger partial charge in [-0.15, -0.1) is 0 Å². The third-order valence-corrected chi connectivity index (χ3v) is 7.67. The van der Waals surface area contributed by atoms with Gasteiger partial charge in [-0.1, -0.05) is 24.8 Å². The molecule has 2 aliphatic heterocycles. The molecule has 0 amide bonds. The first-order valence-electron chi connectivity index (χ1n) is 14.7. The van der Waals surface area contributed by atoms with Crippen molar-refractivity contribution in [3.63, 3.8) is 0 Å². The Balaban J connectivity index is 1.28. The van der Waals surface area contributed by atoms with Crippen LogP contribution in [-0.2, 0) is 4.74 Å². The van der Waals surface area contributed by atoms with Crippen molar-refractivity contribution >= 4 is 27.6 Å². The van der Waals surface area contributed by atoms with Gasteiger partial charge in [-0.05, 0) is 81.7 Å². The van der Waals surface area contributed by atoms with E-state index in [1.165, 1.54) is 0 Å². The van der Waals surface area contributed by atoms with Crippen LogP contribution in [0.3, 0.4) is 0 Å². The summed E-state index contributed by atoms with van der Waals surface area (Å²) in [5, 5.41) is 6.61. The lowest BCUT2D eigenvalue weighted by Gasteiger charge is -2.24. The van der Waals surface area contributed by atoms with Gasteiger partial charge in [-0.3, -0.25) is 0 Å². The number of piperidine rings is 1. The molecule has 0 aliphatic carbocycles. The molecular formula is C34H33N7O3. The van der Waals surface area contributed by atoms with E-state index in [0.29, 0.717) is 22.6 Å². The van der Waals surface area contributed by atoms with Crippen LogP contribution in [0.4, 0.5) is 0 Å². The fourth-order valence-electron chi connectivity index (χ4n) is 5.54. The molecule has 1 saturated heterocycles. The minimum Gasteiger partial charge on any atom is -0.495 e. The Morgan fingerprint density at radius 1 is 1.00 bits per heavy atom. The van der Waals surface area contributed by atoms with Crippen LogP contribution < -0.4 is 20.1 Å². The normalized spacial score (nSPS) is 15.6. The van der Waals surface area contributed by atoms with Gasteiger partial charge in [0.15, 0.2) is 17.3 Å². The summed E-state index contributed by atoms with van der Waals surface area (Å²) >= 11 is 0. The van der Waals surface area contributed by atoms with Crippen molar-refractivity contribution in [2.45, 2.75) is 32.8 Å². The van der Waals surface area contributed by atoms with Gasteiger partial charge in [0.1, 0.15) is 23.6 Å². The van der Waals surface area contributed by atoms with Crippen LogP contribution in [0.2, 0.25) is 0 Å². The molecule has 1 fully saturated rings. The van der Waals surface area contributed by atoms with E-state index in [0.717, 1.165) is 82.3 Å². The molecule has 222 valence electrons. The molecule has 0 spiro atoms. The SMILES string of the molecule is C=C(C)N/C=C(\C=C(/C)OC1CCNCC1)c1ccc2ncnc(-c3nc4c(-c5ccc6c(c5)OCO6)cccc4[nH]3)c2n1. The molecule has 0 radical (unpaired) electrons. The van der Waals surface area contributed by atoms with E-state index in [9.17, 15) is 0 Å². The zero-order valence-corrected chi connectivity index (χ0v) is 24.7. The highest BCUT2D eigenvalue weighted by Gasteiger charge is 2.19. The van der Waals surface area contributed by atoms with Crippen molar-refractivity contribution in [2.75, 3.05) is 19.9 Å². The van der Waals surface area contributed by atoms with E-state index < -0.39 is 0 Å². The lowest BCUT2D eigenvalue weighted by Crippen LogP contribution is -2.32. The minimum absolute atomic E-state index is 0.197. The predicted molar refractivity (Wildman–Crippen MR) is 171 cm³/mol. The highest BCUT2D eigenvalue weighted by molar-refractivity contribution is 5.96. The molecule has 0 unspecified atom stereocenters. The number of nitrogens with one attached hydrogen (secondary N) is 3. The minimum atomic E-state index is 0.197. The van der Waals surface area contributed by atoms with E-state index >= 15 is 0 Å². The maximum Gasteiger partial charge on any atom is 0.231 e. The van der Waals surface area contributed by atoms with Gasteiger partial charge in [0.05, 0.1) is 28.0 Å². The number of hydrogen-bond donors (Lipinski definition) is 3. The lowest BCUT2D eigenvalue weighted by atomic mass is 10.0. The number of ether oxygens (including phenoxy) is 3. The number of allylic oxidation sites excluding steroid dienone is 4. The van der Waals surface area contributed by atoms with Gasteiger partial charge in [-0.25, -0.2) is 19.9 Å². The van der Waals surface area contributed by atoms with Crippen LogP contribution in [0.1, 0.15) is 32.4 Å². The third-order valence-electron chi connectivity index (χ3n) is 7.67. The van der Waals surface area contributed by atoms with E-state index in [4.69, 9.17) is 24.2 Å². The molecule has 2 aliphatic rings. The lowest BCUT2D eigenvalue weighted by molar-refractivity contribution is 0.0896. The molecule has 10 nitrogen and oxygen atoms in total. The first kappa shape index (κ1) is 27.6. The predicted octanol–water partition coefficient (Wildman–Crippen LogP) is 6.10. The van der Waals surface area contributed by atoms with Crippen LogP contribution in [-0.4, -0.2) is 50.9 Å². The van der Waals surface area contributed by atoms with Crippen LogP contribution in [0, 0.1) is 0 Å². The number of fused-ring (bicyclic) bond motifs is 3. The average molecular weight is 588 g/mol. The maximum absolute atomic E-state index is 6.28. The zero-order chi connectivity index (χ0) is 30.0. The van der Waals surface area contributed by atoms with Crippen LogP contribution in [0.5, 0.6) is 11.5 Å². The van der Waals surface area contributed by atoms with Crippen molar-refractivity contribution in [3.05, 3.63) is 90.9 Å². The van der Waals surface area contributed by atoms with Crippen molar-refractivity contribution in [1.29, 1.82) is 0 Å². The second-order valence-corrected chi connectivity index (χ2v) is 11.0. The van der Waals surface area contributed by atoms with E-state index in [2.05, 4.69) is 32.2 Å². The molecule has 0 saturated carbocycles. The first-order chi connectivity index (χ1) is 21.5. The number of H-pyrrole nitrogens is 1. The second-order valence-electron chi connectivity index (χ2n) is 11.0. The smallest absolute Gasteiger partial charge is 0.231 e. The third kappa shape index (κ3) is 5.59. The molecule has 0 bridgehead atoms. The number of aromatic nitrogens is 5. The fraction of sp³-hybridized carbons (Fsp3) is 0.235. The van der Waals surface area contributed by atoms with Crippen LogP contribution >= 0.6 is 0 Å². The Kier molecular flexibility index (Phi) is 7.41. The van der Waals surface area contributed by atoms with E-state index in [1.54, 1.807) is 6.33 Å². The average Bonchev–Trinajstić information content (AvgIpc) is 3.70. The Bertz CT molecular complexity index is 1940. The van der Waals surface area contributed by atoms with Gasteiger partial charge in [0.25, 0.3) is 0 Å². The summed E-state index contributed by atoms with van der Waals surface area (Å²) in [5.74, 6) is 2.90. The van der Waals surface area contributed by atoms with E-state index in [1.807, 2.05) is 74.7 Å². The Labute approximate surface area is 254 Å². The zero-order valence-electron chi connectivity index (χ0n) is 24.7. The molecule has 7 rings (SSSR count). The number of imidazole rings is 1. The number of nitrogens with zero attached hydrogens (tertiary/aromatic N) is 4. The maximum atomic E-state index is 6.28. The highest BCUT2D eigenvalue weighted by atomic mass is 16.7. The fourth-order valence-corrected chi connectivity index (χ4v) is 5.54. The van der Waals surface area contributed by atoms with Gasteiger partial charge < -0.3 is 29.8 Å². The van der Waals surface area contributed by atoms with Crippen LogP contribution in [0.15, 0.2) is 85.2 Å². The van der Waals surface area contributed by atoms with Crippen molar-refractivity contribution in [1.82, 2.24) is 35.6 Å². The van der Waals surface area contributed by atoms with Crippen LogP contribution in [0.25, 0.3) is 50.3 Å². The molecule has 10 heteroatoms. The van der Waals surface area contributed by atoms with Gasteiger partial charge in [0.2, 0.25) is 6.79 Å². The number of aromatic amines is 1. The summed E-state index contributed by atoms with van der Waals surface area (Å²) in [4.78, 5) is 22.7. The summed E-state index contributed by atoms with van der Waals surface area (Å²) in [6.07, 6.45) is 7.61. The van der Waals surface area contributed by atoms with Crippen molar-refractivity contribution < 1.29 is 14.2 Å². The quantitative estimate of drug-likeness (QED) is 0.146. The Morgan fingerprint density at radius 3 is 2.73 bits per heavy atom. The van der Waals surface area contributed by atoms with E-state index in [-0.39, 0.29) is 12.9 Å². The largest absolute Gasteiger partial charge is 0.495 e. The summed E-state index contributed by atoms with van der Waals surface area (Å²) in [6.45, 7) is 10.0. The molecular weight excluding hydrogens is 554 g/mol. The molecule has 5 aromatic rings. The number of hydrogen-bond acceptors (Lipinski definition) is 9. The molecule has 44 heavy (non-hydrogen) atoms. The summed E-state index contributed by atoms with van der Waals surface area (Å²) in [5.41, 5.74) is 8.05.